The zero-order chi connectivity index (χ0) is 22.6. The standard InChI is InChI=1S/C24H31N5O3/c1-29(2)17-6-9-22(30)26-20-12-10-19(11-13-20)24-28-27-23(32-24)14-15-25-16-18-31-21-7-4-3-5-8-21/h3-5,7-8,10-13,25H,6,9,14-18H2,1-2H3,(H,26,30). The van der Waals surface area contributed by atoms with Crippen LogP contribution in [0.3, 0.4) is 0 Å². The van der Waals surface area contributed by atoms with Gasteiger partial charge in [0.1, 0.15) is 12.4 Å². The van der Waals surface area contributed by atoms with Gasteiger partial charge in [-0.1, -0.05) is 18.2 Å². The Bertz CT molecular complexity index is 942. The summed E-state index contributed by atoms with van der Waals surface area (Å²) in [5, 5.41) is 14.5. The monoisotopic (exact) mass is 437 g/mol. The molecule has 0 aliphatic carbocycles. The van der Waals surface area contributed by atoms with Crippen LogP contribution in [0.1, 0.15) is 18.7 Å². The van der Waals surface area contributed by atoms with Crippen molar-refractivity contribution in [1.29, 1.82) is 0 Å². The lowest BCUT2D eigenvalue weighted by molar-refractivity contribution is -0.116. The first-order valence-corrected chi connectivity index (χ1v) is 10.9. The number of nitrogens with one attached hydrogen (secondary N) is 2. The van der Waals surface area contributed by atoms with Crippen molar-refractivity contribution in [1.82, 2.24) is 20.4 Å². The number of ether oxygens (including phenoxy) is 1. The first-order chi connectivity index (χ1) is 15.6. The molecule has 0 aliphatic rings. The Morgan fingerprint density at radius 3 is 2.56 bits per heavy atom. The summed E-state index contributed by atoms with van der Waals surface area (Å²) in [5.41, 5.74) is 1.57. The highest BCUT2D eigenvalue weighted by molar-refractivity contribution is 5.90. The molecule has 1 amide bonds. The van der Waals surface area contributed by atoms with E-state index in [1.54, 1.807) is 0 Å². The molecule has 0 unspecified atom stereocenters. The fourth-order valence-electron chi connectivity index (χ4n) is 3.02. The quantitative estimate of drug-likeness (QED) is 0.397. The molecule has 0 fully saturated rings. The number of carbonyl (C=O) groups is 1. The molecule has 2 N–H and O–H groups in total. The van der Waals surface area contributed by atoms with Gasteiger partial charge in [0.25, 0.3) is 0 Å². The predicted octanol–water partition coefficient (Wildman–Crippen LogP) is 3.23. The van der Waals surface area contributed by atoms with Gasteiger partial charge in [-0.05, 0) is 63.5 Å². The molecule has 0 saturated carbocycles. The number of benzene rings is 2. The number of rotatable bonds is 13. The summed E-state index contributed by atoms with van der Waals surface area (Å²) in [4.78, 5) is 14.1. The van der Waals surface area contributed by atoms with Crippen molar-refractivity contribution < 1.29 is 13.9 Å². The molecular formula is C24H31N5O3. The molecule has 1 heterocycles. The van der Waals surface area contributed by atoms with Crippen LogP contribution < -0.4 is 15.4 Å². The summed E-state index contributed by atoms with van der Waals surface area (Å²) in [7, 11) is 4.00. The number of carbonyl (C=O) groups excluding carboxylic acids is 1. The zero-order valence-electron chi connectivity index (χ0n) is 18.7. The van der Waals surface area contributed by atoms with Gasteiger partial charge in [0.15, 0.2) is 0 Å². The summed E-state index contributed by atoms with van der Waals surface area (Å²) in [5.74, 6) is 1.93. The third-order valence-corrected chi connectivity index (χ3v) is 4.70. The van der Waals surface area contributed by atoms with Gasteiger partial charge in [0.2, 0.25) is 17.7 Å². The number of aromatic nitrogens is 2. The summed E-state index contributed by atoms with van der Waals surface area (Å²) in [6, 6.07) is 17.2. The maximum atomic E-state index is 12.0. The third-order valence-electron chi connectivity index (χ3n) is 4.70. The largest absolute Gasteiger partial charge is 0.492 e. The lowest BCUT2D eigenvalue weighted by atomic mass is 10.2. The van der Waals surface area contributed by atoms with Crippen molar-refractivity contribution in [3.05, 3.63) is 60.5 Å². The molecule has 170 valence electrons. The third kappa shape index (κ3) is 8.13. The first kappa shape index (κ1) is 23.4. The molecule has 8 nitrogen and oxygen atoms in total. The van der Waals surface area contributed by atoms with Crippen molar-refractivity contribution >= 4 is 11.6 Å². The Morgan fingerprint density at radius 1 is 1.03 bits per heavy atom. The Balaban J connectivity index is 1.36. The minimum atomic E-state index is 0.0151. The maximum absolute atomic E-state index is 12.0. The van der Waals surface area contributed by atoms with E-state index in [0.717, 1.165) is 43.1 Å². The molecular weight excluding hydrogens is 406 g/mol. The second kappa shape index (κ2) is 12.6. The summed E-state index contributed by atoms with van der Waals surface area (Å²) < 4.78 is 11.4. The van der Waals surface area contributed by atoms with Gasteiger partial charge in [-0.2, -0.15) is 0 Å². The molecule has 2 aromatic carbocycles. The molecule has 32 heavy (non-hydrogen) atoms. The number of para-hydroxylation sites is 1. The molecule has 0 radical (unpaired) electrons. The molecule has 0 bridgehead atoms. The smallest absolute Gasteiger partial charge is 0.247 e. The SMILES string of the molecule is CN(C)CCCC(=O)Nc1ccc(-c2nnc(CCNCCOc3ccccc3)o2)cc1. The average molecular weight is 438 g/mol. The molecule has 1 aromatic heterocycles. The fraction of sp³-hybridized carbons (Fsp3) is 0.375. The van der Waals surface area contributed by atoms with Crippen LogP contribution in [0.25, 0.3) is 11.5 Å². The average Bonchev–Trinajstić information content (AvgIpc) is 3.26. The highest BCUT2D eigenvalue weighted by Crippen LogP contribution is 2.20. The van der Waals surface area contributed by atoms with Crippen LogP contribution in [0.2, 0.25) is 0 Å². The number of amides is 1. The lowest BCUT2D eigenvalue weighted by Gasteiger charge is -2.09. The van der Waals surface area contributed by atoms with Gasteiger partial charge in [0, 0.05) is 37.2 Å². The Hall–Kier alpha value is -3.23. The predicted molar refractivity (Wildman–Crippen MR) is 125 cm³/mol. The van der Waals surface area contributed by atoms with Crippen molar-refractivity contribution in [2.24, 2.45) is 0 Å². The molecule has 0 saturated heterocycles. The van der Waals surface area contributed by atoms with Crippen molar-refractivity contribution in [2.75, 3.05) is 45.7 Å². The fourth-order valence-corrected chi connectivity index (χ4v) is 3.02. The van der Waals surface area contributed by atoms with E-state index in [1.165, 1.54) is 0 Å². The Kier molecular flexibility index (Phi) is 9.21. The molecule has 3 rings (SSSR count). The van der Waals surface area contributed by atoms with E-state index in [-0.39, 0.29) is 5.91 Å². The summed E-state index contributed by atoms with van der Waals surface area (Å²) in [6.45, 7) is 2.94. The van der Waals surface area contributed by atoms with E-state index >= 15 is 0 Å². The summed E-state index contributed by atoms with van der Waals surface area (Å²) >= 11 is 0. The van der Waals surface area contributed by atoms with Crippen LogP contribution in [0.5, 0.6) is 5.75 Å². The highest BCUT2D eigenvalue weighted by Gasteiger charge is 2.09. The van der Waals surface area contributed by atoms with Crippen LogP contribution in [0.4, 0.5) is 5.69 Å². The molecule has 0 atom stereocenters. The van der Waals surface area contributed by atoms with Crippen LogP contribution in [0.15, 0.2) is 59.0 Å². The van der Waals surface area contributed by atoms with Gasteiger partial charge < -0.3 is 24.7 Å². The van der Waals surface area contributed by atoms with Crippen LogP contribution in [0, 0.1) is 0 Å². The molecule has 0 spiro atoms. The van der Waals surface area contributed by atoms with Crippen LogP contribution in [-0.4, -0.2) is 61.3 Å². The van der Waals surface area contributed by atoms with E-state index in [2.05, 4.69) is 25.7 Å². The number of nitrogens with zero attached hydrogens (tertiary/aromatic N) is 3. The van der Waals surface area contributed by atoms with Gasteiger partial charge >= 0.3 is 0 Å². The van der Waals surface area contributed by atoms with E-state index < -0.39 is 0 Å². The van der Waals surface area contributed by atoms with E-state index in [0.29, 0.717) is 31.2 Å². The zero-order valence-corrected chi connectivity index (χ0v) is 18.7. The highest BCUT2D eigenvalue weighted by atomic mass is 16.5. The van der Waals surface area contributed by atoms with E-state index in [9.17, 15) is 4.79 Å². The van der Waals surface area contributed by atoms with Gasteiger partial charge in [0.05, 0.1) is 0 Å². The lowest BCUT2D eigenvalue weighted by Crippen LogP contribution is -2.23. The van der Waals surface area contributed by atoms with Crippen molar-refractivity contribution in [2.45, 2.75) is 19.3 Å². The minimum absolute atomic E-state index is 0.0151. The number of hydrogen-bond acceptors (Lipinski definition) is 7. The van der Waals surface area contributed by atoms with Gasteiger partial charge in [-0.3, -0.25) is 4.79 Å². The number of anilines is 1. The number of hydrogen-bond donors (Lipinski definition) is 2. The summed E-state index contributed by atoms with van der Waals surface area (Å²) in [6.07, 6.45) is 1.97. The normalized spacial score (nSPS) is 11.0. The first-order valence-electron chi connectivity index (χ1n) is 10.9. The van der Waals surface area contributed by atoms with Gasteiger partial charge in [-0.15, -0.1) is 10.2 Å². The molecule has 8 heteroatoms. The minimum Gasteiger partial charge on any atom is -0.492 e. The van der Waals surface area contributed by atoms with Crippen molar-refractivity contribution in [3.63, 3.8) is 0 Å². The second-order valence-corrected chi connectivity index (χ2v) is 7.69. The van der Waals surface area contributed by atoms with Crippen molar-refractivity contribution in [3.8, 4) is 17.2 Å². The Morgan fingerprint density at radius 2 is 1.81 bits per heavy atom. The van der Waals surface area contributed by atoms with E-state index in [4.69, 9.17) is 9.15 Å². The molecule has 3 aromatic rings. The van der Waals surface area contributed by atoms with E-state index in [1.807, 2.05) is 68.7 Å². The molecule has 0 aliphatic heterocycles. The topological polar surface area (TPSA) is 92.5 Å². The maximum Gasteiger partial charge on any atom is 0.247 e. The van der Waals surface area contributed by atoms with Gasteiger partial charge in [-0.25, -0.2) is 0 Å². The Labute approximate surface area is 189 Å². The van der Waals surface area contributed by atoms with Crippen LogP contribution >= 0.6 is 0 Å². The second-order valence-electron chi connectivity index (χ2n) is 7.69. The van der Waals surface area contributed by atoms with Crippen LogP contribution in [-0.2, 0) is 11.2 Å².